The normalized spacial score (nSPS) is 13.9. The molecule has 27 heavy (non-hydrogen) atoms. The fourth-order valence-corrected chi connectivity index (χ4v) is 4.01. The lowest BCUT2D eigenvalue weighted by Gasteiger charge is -2.15. The fraction of sp³-hybridized carbons (Fsp3) is 0.300. The molecule has 0 saturated carbocycles. The number of likely N-dealkylation sites (tertiary alicyclic amines) is 1. The highest BCUT2D eigenvalue weighted by molar-refractivity contribution is 7.99. The molecule has 3 heterocycles. The maximum Gasteiger partial charge on any atom is 0.233 e. The quantitative estimate of drug-likeness (QED) is 0.636. The van der Waals surface area contributed by atoms with Crippen LogP contribution in [0.25, 0.3) is 17.1 Å². The minimum atomic E-state index is 0.166. The summed E-state index contributed by atoms with van der Waals surface area (Å²) >= 11 is 1.43. The number of carbonyl (C=O) groups is 1. The maximum absolute atomic E-state index is 12.4. The molecular formula is C20H21N5OS. The Balaban J connectivity index is 1.65. The van der Waals surface area contributed by atoms with Crippen molar-refractivity contribution in [2.75, 3.05) is 18.8 Å². The summed E-state index contributed by atoms with van der Waals surface area (Å²) in [5.74, 6) is 1.26. The van der Waals surface area contributed by atoms with Gasteiger partial charge in [-0.25, -0.2) is 0 Å². The van der Waals surface area contributed by atoms with Gasteiger partial charge in [0, 0.05) is 36.7 Å². The van der Waals surface area contributed by atoms with E-state index in [0.29, 0.717) is 10.9 Å². The van der Waals surface area contributed by atoms with E-state index in [2.05, 4.69) is 34.2 Å². The number of hydrogen-bond acceptors (Lipinski definition) is 5. The molecule has 138 valence electrons. The minimum absolute atomic E-state index is 0.166. The summed E-state index contributed by atoms with van der Waals surface area (Å²) in [6.45, 7) is 3.79. The molecule has 4 rings (SSSR count). The standard InChI is InChI=1S/C20H21N5OS/c1-15-6-8-17(9-7-15)25-19(16-5-4-10-21-13-16)22-23-20(25)27-14-18(26)24-11-2-3-12-24/h4-10,13H,2-3,11-12,14H2,1H3. The van der Waals surface area contributed by atoms with E-state index in [1.165, 1.54) is 17.3 Å². The number of hydrogen-bond donors (Lipinski definition) is 0. The average molecular weight is 379 g/mol. The first-order chi connectivity index (χ1) is 13.2. The predicted octanol–water partition coefficient (Wildman–Crippen LogP) is 3.35. The van der Waals surface area contributed by atoms with Crippen LogP contribution in [-0.2, 0) is 4.79 Å². The van der Waals surface area contributed by atoms with E-state index in [1.54, 1.807) is 12.4 Å². The zero-order valence-electron chi connectivity index (χ0n) is 15.2. The maximum atomic E-state index is 12.4. The molecule has 2 aromatic heterocycles. The van der Waals surface area contributed by atoms with E-state index >= 15 is 0 Å². The van der Waals surface area contributed by atoms with Gasteiger partial charge in [-0.1, -0.05) is 29.5 Å². The second kappa shape index (κ2) is 7.92. The van der Waals surface area contributed by atoms with Gasteiger partial charge in [-0.05, 0) is 44.0 Å². The van der Waals surface area contributed by atoms with Gasteiger partial charge in [0.1, 0.15) is 0 Å². The number of thioether (sulfide) groups is 1. The molecule has 0 spiro atoms. The number of pyridine rings is 1. The third-order valence-corrected chi connectivity index (χ3v) is 5.54. The van der Waals surface area contributed by atoms with E-state index in [4.69, 9.17) is 0 Å². The monoisotopic (exact) mass is 379 g/mol. The van der Waals surface area contributed by atoms with E-state index in [0.717, 1.165) is 43.0 Å². The van der Waals surface area contributed by atoms with Crippen LogP contribution in [-0.4, -0.2) is 49.4 Å². The summed E-state index contributed by atoms with van der Waals surface area (Å²) in [6, 6.07) is 12.1. The molecule has 0 atom stereocenters. The summed E-state index contributed by atoms with van der Waals surface area (Å²) in [5.41, 5.74) is 3.05. The molecule has 0 unspecified atom stereocenters. The molecule has 1 aromatic carbocycles. The van der Waals surface area contributed by atoms with Crippen molar-refractivity contribution in [3.63, 3.8) is 0 Å². The smallest absolute Gasteiger partial charge is 0.233 e. The van der Waals surface area contributed by atoms with Gasteiger partial charge in [0.25, 0.3) is 0 Å². The molecule has 1 amide bonds. The molecule has 1 saturated heterocycles. The van der Waals surface area contributed by atoms with E-state index in [1.807, 2.05) is 33.7 Å². The van der Waals surface area contributed by atoms with Crippen molar-refractivity contribution in [2.45, 2.75) is 24.9 Å². The number of nitrogens with zero attached hydrogens (tertiary/aromatic N) is 5. The van der Waals surface area contributed by atoms with Crippen LogP contribution >= 0.6 is 11.8 Å². The third kappa shape index (κ3) is 3.88. The SMILES string of the molecule is Cc1ccc(-n2c(SCC(=O)N3CCCC3)nnc2-c2cccnc2)cc1. The van der Waals surface area contributed by atoms with E-state index < -0.39 is 0 Å². The Hall–Kier alpha value is -2.67. The second-order valence-corrected chi connectivity index (χ2v) is 7.54. The number of amides is 1. The minimum Gasteiger partial charge on any atom is -0.342 e. The lowest BCUT2D eigenvalue weighted by atomic mass is 10.2. The van der Waals surface area contributed by atoms with Crippen molar-refractivity contribution in [1.82, 2.24) is 24.6 Å². The van der Waals surface area contributed by atoms with Crippen LogP contribution in [0.5, 0.6) is 0 Å². The molecule has 1 aliphatic rings. The lowest BCUT2D eigenvalue weighted by Crippen LogP contribution is -2.29. The van der Waals surface area contributed by atoms with Crippen LogP contribution in [0.2, 0.25) is 0 Å². The zero-order valence-corrected chi connectivity index (χ0v) is 16.0. The molecule has 0 aliphatic carbocycles. The van der Waals surface area contributed by atoms with Gasteiger partial charge < -0.3 is 4.90 Å². The second-order valence-electron chi connectivity index (χ2n) is 6.60. The van der Waals surface area contributed by atoms with Gasteiger partial charge in [0.05, 0.1) is 5.75 Å². The topological polar surface area (TPSA) is 63.9 Å². The summed E-state index contributed by atoms with van der Waals surface area (Å²) in [7, 11) is 0. The molecule has 1 aliphatic heterocycles. The Labute approximate surface area is 162 Å². The van der Waals surface area contributed by atoms with Crippen molar-refractivity contribution < 1.29 is 4.79 Å². The van der Waals surface area contributed by atoms with Gasteiger partial charge in [0.15, 0.2) is 11.0 Å². The molecule has 0 radical (unpaired) electrons. The Morgan fingerprint density at radius 2 is 1.89 bits per heavy atom. The number of rotatable bonds is 5. The Morgan fingerprint density at radius 3 is 2.59 bits per heavy atom. The number of aromatic nitrogens is 4. The molecular weight excluding hydrogens is 358 g/mol. The summed E-state index contributed by atoms with van der Waals surface area (Å²) in [6.07, 6.45) is 5.71. The molecule has 0 N–H and O–H groups in total. The van der Waals surface area contributed by atoms with E-state index in [-0.39, 0.29) is 5.91 Å². The van der Waals surface area contributed by atoms with Crippen LogP contribution < -0.4 is 0 Å². The molecule has 6 nitrogen and oxygen atoms in total. The summed E-state index contributed by atoms with van der Waals surface area (Å²) < 4.78 is 2.00. The average Bonchev–Trinajstić information content (AvgIpc) is 3.38. The Morgan fingerprint density at radius 1 is 1.11 bits per heavy atom. The van der Waals surface area contributed by atoms with Crippen LogP contribution in [0, 0.1) is 6.92 Å². The van der Waals surface area contributed by atoms with Gasteiger partial charge >= 0.3 is 0 Å². The third-order valence-electron chi connectivity index (χ3n) is 4.63. The summed E-state index contributed by atoms with van der Waals surface area (Å²) in [4.78, 5) is 18.6. The van der Waals surface area contributed by atoms with E-state index in [9.17, 15) is 4.79 Å². The van der Waals surface area contributed by atoms with Crippen LogP contribution in [0.4, 0.5) is 0 Å². The van der Waals surface area contributed by atoms with Gasteiger partial charge in [-0.3, -0.25) is 14.3 Å². The number of carbonyl (C=O) groups excluding carboxylic acids is 1. The molecule has 7 heteroatoms. The zero-order chi connectivity index (χ0) is 18.6. The first kappa shape index (κ1) is 17.7. The van der Waals surface area contributed by atoms with Crippen LogP contribution in [0.1, 0.15) is 18.4 Å². The van der Waals surface area contributed by atoms with Crippen molar-refractivity contribution in [3.8, 4) is 17.1 Å². The highest BCUT2D eigenvalue weighted by atomic mass is 32.2. The molecule has 0 bridgehead atoms. The van der Waals surface area contributed by atoms with Gasteiger partial charge in [0.2, 0.25) is 5.91 Å². The first-order valence-electron chi connectivity index (χ1n) is 9.06. The largest absolute Gasteiger partial charge is 0.342 e. The highest BCUT2D eigenvalue weighted by Crippen LogP contribution is 2.28. The Bertz CT molecular complexity index is 917. The van der Waals surface area contributed by atoms with Gasteiger partial charge in [-0.2, -0.15) is 0 Å². The highest BCUT2D eigenvalue weighted by Gasteiger charge is 2.21. The van der Waals surface area contributed by atoms with Crippen molar-refractivity contribution in [1.29, 1.82) is 0 Å². The fourth-order valence-electron chi connectivity index (χ4n) is 3.16. The molecule has 1 fully saturated rings. The Kier molecular flexibility index (Phi) is 5.20. The number of benzene rings is 1. The first-order valence-corrected chi connectivity index (χ1v) is 10.0. The van der Waals surface area contributed by atoms with Crippen molar-refractivity contribution in [3.05, 3.63) is 54.4 Å². The predicted molar refractivity (Wildman–Crippen MR) is 106 cm³/mol. The molecule has 3 aromatic rings. The van der Waals surface area contributed by atoms with Crippen molar-refractivity contribution >= 4 is 17.7 Å². The van der Waals surface area contributed by atoms with Crippen LogP contribution in [0.15, 0.2) is 53.9 Å². The van der Waals surface area contributed by atoms with Crippen molar-refractivity contribution in [2.24, 2.45) is 0 Å². The number of aryl methyl sites for hydroxylation is 1. The van der Waals surface area contributed by atoms with Crippen LogP contribution in [0.3, 0.4) is 0 Å². The summed E-state index contributed by atoms with van der Waals surface area (Å²) in [5, 5.41) is 9.47. The lowest BCUT2D eigenvalue weighted by molar-refractivity contribution is -0.127. The van der Waals surface area contributed by atoms with Gasteiger partial charge in [-0.15, -0.1) is 10.2 Å².